The molecule has 0 amide bonds. The summed E-state index contributed by atoms with van der Waals surface area (Å²) in [4.78, 5) is 4.53. The second kappa shape index (κ2) is 5.55. The number of hydrogen-bond acceptors (Lipinski definition) is 3. The van der Waals surface area contributed by atoms with E-state index in [-0.39, 0.29) is 0 Å². The fraction of sp³-hybridized carbons (Fsp3) is 0.0556. The van der Waals surface area contributed by atoms with Crippen LogP contribution in [0.2, 0.25) is 0 Å². The van der Waals surface area contributed by atoms with E-state index in [0.29, 0.717) is 17.0 Å². The molecule has 104 valence electrons. The molecule has 0 fully saturated rings. The number of benzene rings is 2. The Hall–Kier alpha value is -3.37. The molecule has 0 saturated heterocycles. The van der Waals surface area contributed by atoms with Gasteiger partial charge in [-0.3, -0.25) is 0 Å². The van der Waals surface area contributed by atoms with Crippen molar-refractivity contribution in [3.63, 3.8) is 0 Å². The van der Waals surface area contributed by atoms with Gasteiger partial charge in [0.25, 0.3) is 0 Å². The molecule has 0 bridgehead atoms. The van der Waals surface area contributed by atoms with Crippen molar-refractivity contribution in [3.8, 4) is 12.1 Å². The minimum atomic E-state index is 0.489. The van der Waals surface area contributed by atoms with Crippen LogP contribution in [0.1, 0.15) is 17.0 Å². The van der Waals surface area contributed by atoms with Crippen molar-refractivity contribution < 1.29 is 0 Å². The highest BCUT2D eigenvalue weighted by atomic mass is 15.1. The predicted octanol–water partition coefficient (Wildman–Crippen LogP) is 3.51. The molecular formula is C18H12N4. The minimum Gasteiger partial charge on any atom is -0.327 e. The van der Waals surface area contributed by atoms with Gasteiger partial charge in [0.15, 0.2) is 5.82 Å². The molecular weight excluding hydrogens is 272 g/mol. The molecule has 3 rings (SSSR count). The van der Waals surface area contributed by atoms with Gasteiger partial charge in [-0.05, 0) is 35.9 Å². The lowest BCUT2D eigenvalue weighted by Gasteiger charge is -2.01. The van der Waals surface area contributed by atoms with Gasteiger partial charge in [0.05, 0.1) is 28.2 Å². The molecule has 4 heteroatoms. The topological polar surface area (TPSA) is 65.4 Å². The fourth-order valence-electron chi connectivity index (χ4n) is 2.35. The van der Waals surface area contributed by atoms with Crippen LogP contribution in [0.3, 0.4) is 0 Å². The van der Waals surface area contributed by atoms with Gasteiger partial charge in [0.2, 0.25) is 0 Å². The van der Waals surface area contributed by atoms with Gasteiger partial charge in [-0.2, -0.15) is 10.5 Å². The van der Waals surface area contributed by atoms with Crippen molar-refractivity contribution >= 4 is 22.7 Å². The van der Waals surface area contributed by atoms with Crippen LogP contribution < -0.4 is 0 Å². The monoisotopic (exact) mass is 284 g/mol. The largest absolute Gasteiger partial charge is 0.327 e. The zero-order chi connectivity index (χ0) is 15.5. The molecule has 0 aliphatic carbocycles. The summed E-state index contributed by atoms with van der Waals surface area (Å²) in [6, 6.07) is 19.2. The van der Waals surface area contributed by atoms with Crippen LogP contribution >= 0.6 is 0 Å². The Bertz CT molecular complexity index is 947. The minimum absolute atomic E-state index is 0.489. The molecule has 1 heterocycles. The smallest absolute Gasteiger partial charge is 0.151 e. The van der Waals surface area contributed by atoms with Crippen molar-refractivity contribution in [1.82, 2.24) is 9.55 Å². The SMILES string of the molecule is Cn1c(/C(C#N)=C/c2ccc(C#N)cc2)nc2ccccc21. The zero-order valence-corrected chi connectivity index (χ0v) is 12.0. The maximum Gasteiger partial charge on any atom is 0.151 e. The summed E-state index contributed by atoms with van der Waals surface area (Å²) in [6.45, 7) is 0. The molecule has 1 aromatic heterocycles. The fourth-order valence-corrected chi connectivity index (χ4v) is 2.35. The van der Waals surface area contributed by atoms with E-state index >= 15 is 0 Å². The number of nitriles is 2. The number of aryl methyl sites for hydroxylation is 1. The van der Waals surface area contributed by atoms with Gasteiger partial charge in [-0.15, -0.1) is 0 Å². The van der Waals surface area contributed by atoms with Crippen LogP contribution in [0.5, 0.6) is 0 Å². The Morgan fingerprint density at radius 2 is 1.82 bits per heavy atom. The van der Waals surface area contributed by atoms with E-state index in [2.05, 4.69) is 17.1 Å². The van der Waals surface area contributed by atoms with Crippen molar-refractivity contribution in [1.29, 1.82) is 10.5 Å². The summed E-state index contributed by atoms with van der Waals surface area (Å²) in [5.41, 5.74) is 3.80. The highest BCUT2D eigenvalue weighted by Crippen LogP contribution is 2.22. The van der Waals surface area contributed by atoms with Crippen LogP contribution in [0.15, 0.2) is 48.5 Å². The molecule has 0 spiro atoms. The number of hydrogen-bond donors (Lipinski definition) is 0. The standard InChI is InChI=1S/C18H12N4/c1-22-17-5-3-2-4-16(17)21-18(22)15(12-20)10-13-6-8-14(11-19)9-7-13/h2-10H,1H3/b15-10+. The molecule has 2 aromatic carbocycles. The van der Waals surface area contributed by atoms with Crippen molar-refractivity contribution in [2.75, 3.05) is 0 Å². The summed E-state index contributed by atoms with van der Waals surface area (Å²) < 4.78 is 1.91. The average molecular weight is 284 g/mol. The molecule has 0 atom stereocenters. The summed E-state index contributed by atoms with van der Waals surface area (Å²) in [6.07, 6.45) is 1.78. The van der Waals surface area contributed by atoms with E-state index in [9.17, 15) is 5.26 Å². The Labute approximate surface area is 128 Å². The third-order valence-electron chi connectivity index (χ3n) is 3.50. The Balaban J connectivity index is 2.09. The summed E-state index contributed by atoms with van der Waals surface area (Å²) in [5, 5.41) is 18.3. The summed E-state index contributed by atoms with van der Waals surface area (Å²) in [5.74, 6) is 0.632. The van der Waals surface area contributed by atoms with E-state index in [4.69, 9.17) is 5.26 Å². The molecule has 4 nitrogen and oxygen atoms in total. The molecule has 0 aliphatic heterocycles. The van der Waals surface area contributed by atoms with Crippen LogP contribution in [0.25, 0.3) is 22.7 Å². The first-order valence-corrected chi connectivity index (χ1v) is 6.76. The van der Waals surface area contributed by atoms with Crippen molar-refractivity contribution in [2.24, 2.45) is 7.05 Å². The highest BCUT2D eigenvalue weighted by molar-refractivity contribution is 5.90. The lowest BCUT2D eigenvalue weighted by molar-refractivity contribution is 0.925. The number of para-hydroxylation sites is 2. The molecule has 3 aromatic rings. The lowest BCUT2D eigenvalue weighted by Crippen LogP contribution is -1.96. The lowest BCUT2D eigenvalue weighted by atomic mass is 10.1. The zero-order valence-electron chi connectivity index (χ0n) is 12.0. The molecule has 0 radical (unpaired) electrons. The van der Waals surface area contributed by atoms with E-state index in [1.807, 2.05) is 48.0 Å². The van der Waals surface area contributed by atoms with Crippen LogP contribution in [0.4, 0.5) is 0 Å². The van der Waals surface area contributed by atoms with Crippen LogP contribution in [-0.2, 0) is 7.05 Å². The first-order valence-electron chi connectivity index (χ1n) is 6.76. The molecule has 22 heavy (non-hydrogen) atoms. The third-order valence-corrected chi connectivity index (χ3v) is 3.50. The second-order valence-corrected chi connectivity index (χ2v) is 4.89. The Morgan fingerprint density at radius 1 is 1.09 bits per heavy atom. The highest BCUT2D eigenvalue weighted by Gasteiger charge is 2.11. The molecule has 0 saturated carbocycles. The van der Waals surface area contributed by atoms with Gasteiger partial charge in [-0.1, -0.05) is 24.3 Å². The van der Waals surface area contributed by atoms with E-state index < -0.39 is 0 Å². The van der Waals surface area contributed by atoms with E-state index in [1.54, 1.807) is 18.2 Å². The number of fused-ring (bicyclic) bond motifs is 1. The third kappa shape index (κ3) is 2.34. The van der Waals surface area contributed by atoms with Crippen molar-refractivity contribution in [3.05, 3.63) is 65.5 Å². The number of imidazole rings is 1. The first kappa shape index (κ1) is 13.6. The summed E-state index contributed by atoms with van der Waals surface area (Å²) >= 11 is 0. The van der Waals surface area contributed by atoms with Crippen LogP contribution in [0, 0.1) is 22.7 Å². The molecule has 0 aliphatic rings. The average Bonchev–Trinajstić information content (AvgIpc) is 2.90. The quantitative estimate of drug-likeness (QED) is 0.676. The van der Waals surface area contributed by atoms with Gasteiger partial charge in [0.1, 0.15) is 6.07 Å². The van der Waals surface area contributed by atoms with E-state index in [1.165, 1.54) is 0 Å². The summed E-state index contributed by atoms with van der Waals surface area (Å²) in [7, 11) is 1.90. The van der Waals surface area contributed by atoms with Gasteiger partial charge >= 0.3 is 0 Å². The number of nitrogens with zero attached hydrogens (tertiary/aromatic N) is 4. The number of rotatable bonds is 2. The first-order chi connectivity index (χ1) is 10.7. The maximum absolute atomic E-state index is 9.47. The molecule has 0 unspecified atom stereocenters. The Kier molecular flexibility index (Phi) is 3.43. The van der Waals surface area contributed by atoms with Gasteiger partial charge < -0.3 is 4.57 Å². The van der Waals surface area contributed by atoms with Gasteiger partial charge in [-0.25, -0.2) is 4.98 Å². The number of aromatic nitrogens is 2. The molecule has 0 N–H and O–H groups in total. The predicted molar refractivity (Wildman–Crippen MR) is 85.4 cm³/mol. The van der Waals surface area contributed by atoms with Crippen molar-refractivity contribution in [2.45, 2.75) is 0 Å². The van der Waals surface area contributed by atoms with Crippen LogP contribution in [-0.4, -0.2) is 9.55 Å². The number of allylic oxidation sites excluding steroid dienone is 1. The van der Waals surface area contributed by atoms with E-state index in [0.717, 1.165) is 16.6 Å². The van der Waals surface area contributed by atoms with Gasteiger partial charge in [0, 0.05) is 7.05 Å². The maximum atomic E-state index is 9.47. The Morgan fingerprint density at radius 3 is 2.45 bits per heavy atom. The normalized spacial score (nSPS) is 11.1. The second-order valence-electron chi connectivity index (χ2n) is 4.89.